The number of carboxylic acids is 1. The maximum absolute atomic E-state index is 12.2. The first-order valence-electron chi connectivity index (χ1n) is 17.3. The Labute approximate surface area is 284 Å². The largest absolute Gasteiger partial charge is 0.481 e. The summed E-state index contributed by atoms with van der Waals surface area (Å²) in [4.78, 5) is 25.7. The molecule has 2 saturated heterocycles. The number of carboxylic acid groups (broad SMARTS) is 1. The molecule has 2 aliphatic heterocycles. The second-order valence-corrected chi connectivity index (χ2v) is 15.4. The Morgan fingerprint density at radius 3 is 2.33 bits per heavy atom. The summed E-state index contributed by atoms with van der Waals surface area (Å²) in [6.07, 6.45) is 2.75. The summed E-state index contributed by atoms with van der Waals surface area (Å²) in [5.41, 5.74) is 6.55. The molecular formula is C40H50N2O6. The average Bonchev–Trinajstić information content (AvgIpc) is 3.30. The topological polar surface area (TPSA) is 108 Å². The average molecular weight is 655 g/mol. The Morgan fingerprint density at radius 1 is 0.917 bits per heavy atom. The van der Waals surface area contributed by atoms with Crippen molar-refractivity contribution >= 4 is 11.9 Å². The summed E-state index contributed by atoms with van der Waals surface area (Å²) in [6, 6.07) is 24.8. The highest BCUT2D eigenvalue weighted by molar-refractivity contribution is 5.80. The predicted molar refractivity (Wildman–Crippen MR) is 185 cm³/mol. The van der Waals surface area contributed by atoms with Gasteiger partial charge in [-0.05, 0) is 57.9 Å². The van der Waals surface area contributed by atoms with Crippen LogP contribution in [0, 0.1) is 16.7 Å². The van der Waals surface area contributed by atoms with Gasteiger partial charge in [0.25, 0.3) is 0 Å². The van der Waals surface area contributed by atoms with Gasteiger partial charge in [0.1, 0.15) is 0 Å². The van der Waals surface area contributed by atoms with Crippen molar-refractivity contribution in [1.82, 2.24) is 10.2 Å². The van der Waals surface area contributed by atoms with Crippen LogP contribution in [0.5, 0.6) is 0 Å². The minimum absolute atomic E-state index is 0.00769. The minimum Gasteiger partial charge on any atom is -0.481 e. The Kier molecular flexibility index (Phi) is 10.1. The van der Waals surface area contributed by atoms with Gasteiger partial charge in [-0.1, -0.05) is 100 Å². The number of amides is 1. The van der Waals surface area contributed by atoms with Gasteiger partial charge >= 0.3 is 5.97 Å². The summed E-state index contributed by atoms with van der Waals surface area (Å²) in [5, 5.41) is 21.4. The lowest BCUT2D eigenvalue weighted by Gasteiger charge is -2.43. The first kappa shape index (κ1) is 34.3. The third kappa shape index (κ3) is 7.84. The monoisotopic (exact) mass is 654 g/mol. The molecular weight excluding hydrogens is 604 g/mol. The Morgan fingerprint density at radius 2 is 1.62 bits per heavy atom. The molecule has 1 saturated carbocycles. The van der Waals surface area contributed by atoms with Gasteiger partial charge in [0.05, 0.1) is 25.2 Å². The van der Waals surface area contributed by atoms with Gasteiger partial charge in [0.15, 0.2) is 6.29 Å². The number of carbonyl (C=O) groups excluding carboxylic acids is 1. The van der Waals surface area contributed by atoms with Crippen LogP contribution in [-0.2, 0) is 32.2 Å². The summed E-state index contributed by atoms with van der Waals surface area (Å²) >= 11 is 0. The van der Waals surface area contributed by atoms with Crippen LogP contribution in [0.15, 0.2) is 72.8 Å². The van der Waals surface area contributed by atoms with Gasteiger partial charge in [-0.15, -0.1) is 0 Å². The zero-order chi connectivity index (χ0) is 34.1. The first-order valence-corrected chi connectivity index (χ1v) is 17.3. The number of nitrogens with one attached hydrogen (secondary N) is 1. The molecule has 48 heavy (non-hydrogen) atoms. The molecule has 2 bridgehead atoms. The number of rotatable bonds is 11. The van der Waals surface area contributed by atoms with Crippen LogP contribution in [0.2, 0.25) is 0 Å². The van der Waals surface area contributed by atoms with Crippen molar-refractivity contribution in [1.29, 1.82) is 0 Å². The first-order chi connectivity index (χ1) is 22.9. The highest BCUT2D eigenvalue weighted by Gasteiger charge is 2.51. The molecule has 6 atom stereocenters. The molecule has 3 aromatic carbocycles. The summed E-state index contributed by atoms with van der Waals surface area (Å²) < 4.78 is 13.6. The van der Waals surface area contributed by atoms with Gasteiger partial charge in [0, 0.05) is 43.6 Å². The standard InChI is InChI=1S/C40H50N2O6/c1-26-34(22-42-25-40(4)20-32(42)19-39(2,3)24-40)47-38(48-37(26)29-11-9-27(23-43)10-12-29)30-15-13-28(14-16-30)33-8-6-5-7-31(33)21-41-35(44)17-18-36(45)46/h5-16,26,32,34,37-38,43H,17-25H2,1-4H3,(H,41,44)(H,45,46)/t26-,32?,34+,37+,38+,40?/m0/s1. The fourth-order valence-corrected chi connectivity index (χ4v) is 8.63. The highest BCUT2D eigenvalue weighted by atomic mass is 16.7. The Hall–Kier alpha value is -3.56. The van der Waals surface area contributed by atoms with E-state index in [9.17, 15) is 14.7 Å². The van der Waals surface area contributed by atoms with E-state index in [1.807, 2.05) is 36.4 Å². The van der Waals surface area contributed by atoms with Crippen molar-refractivity contribution in [3.05, 3.63) is 95.1 Å². The molecule has 3 fully saturated rings. The lowest BCUT2D eigenvalue weighted by Crippen LogP contribution is -2.46. The third-order valence-electron chi connectivity index (χ3n) is 10.6. The van der Waals surface area contributed by atoms with Crippen LogP contribution >= 0.6 is 0 Å². The van der Waals surface area contributed by atoms with E-state index in [0.29, 0.717) is 23.4 Å². The van der Waals surface area contributed by atoms with Crippen LogP contribution in [-0.4, -0.2) is 52.2 Å². The molecule has 1 amide bonds. The number of ether oxygens (including phenoxy) is 2. The number of aliphatic carboxylic acids is 1. The molecule has 8 heteroatoms. The van der Waals surface area contributed by atoms with E-state index in [1.54, 1.807) is 0 Å². The zero-order valence-corrected chi connectivity index (χ0v) is 28.7. The second-order valence-electron chi connectivity index (χ2n) is 15.4. The summed E-state index contributed by atoms with van der Waals surface area (Å²) in [6.45, 7) is 11.8. The Bertz CT molecular complexity index is 1590. The van der Waals surface area contributed by atoms with Crippen LogP contribution in [0.1, 0.15) is 94.4 Å². The van der Waals surface area contributed by atoms with E-state index >= 15 is 0 Å². The number of aliphatic hydroxyl groups is 1. The number of hydrogen-bond acceptors (Lipinski definition) is 6. The second kappa shape index (κ2) is 14.1. The fraction of sp³-hybridized carbons (Fsp3) is 0.500. The molecule has 2 heterocycles. The van der Waals surface area contributed by atoms with E-state index in [1.165, 1.54) is 19.3 Å². The highest BCUT2D eigenvalue weighted by Crippen LogP contribution is 2.53. The molecule has 8 nitrogen and oxygen atoms in total. The maximum atomic E-state index is 12.2. The van der Waals surface area contributed by atoms with Gasteiger partial charge in [-0.3, -0.25) is 14.5 Å². The SMILES string of the molecule is C[C@H]1[C@@H](CN2CC3(C)CC2CC(C)(C)C3)O[C@@H](c2ccc(-c3ccccc3CNC(=O)CCC(=O)O)cc2)O[C@H]1c1ccc(CO)cc1. The van der Waals surface area contributed by atoms with Gasteiger partial charge in [-0.2, -0.15) is 0 Å². The van der Waals surface area contributed by atoms with Crippen molar-refractivity contribution in [2.24, 2.45) is 16.7 Å². The molecule has 0 radical (unpaired) electrons. The van der Waals surface area contributed by atoms with Gasteiger partial charge < -0.3 is 25.0 Å². The van der Waals surface area contributed by atoms with Crippen LogP contribution < -0.4 is 5.32 Å². The molecule has 3 aliphatic rings. The van der Waals surface area contributed by atoms with Gasteiger partial charge in [0.2, 0.25) is 5.91 Å². The normalized spacial score (nSPS) is 28.2. The number of likely N-dealkylation sites (tertiary alicyclic amines) is 1. The summed E-state index contributed by atoms with van der Waals surface area (Å²) in [7, 11) is 0. The molecule has 2 unspecified atom stereocenters. The van der Waals surface area contributed by atoms with E-state index in [2.05, 4.69) is 74.3 Å². The van der Waals surface area contributed by atoms with E-state index < -0.39 is 12.3 Å². The molecule has 3 N–H and O–H groups in total. The fourth-order valence-electron chi connectivity index (χ4n) is 8.63. The van der Waals surface area contributed by atoms with E-state index in [4.69, 9.17) is 14.6 Å². The van der Waals surface area contributed by atoms with Crippen LogP contribution in [0.4, 0.5) is 0 Å². The van der Waals surface area contributed by atoms with Crippen LogP contribution in [0.25, 0.3) is 11.1 Å². The third-order valence-corrected chi connectivity index (χ3v) is 10.6. The van der Waals surface area contributed by atoms with Crippen molar-refractivity contribution in [3.8, 4) is 11.1 Å². The van der Waals surface area contributed by atoms with Crippen molar-refractivity contribution in [2.75, 3.05) is 13.1 Å². The number of nitrogens with zero attached hydrogens (tertiary/aromatic N) is 1. The Balaban J connectivity index is 1.22. The maximum Gasteiger partial charge on any atom is 0.303 e. The molecule has 0 spiro atoms. The van der Waals surface area contributed by atoms with Gasteiger partial charge in [-0.25, -0.2) is 0 Å². The quantitative estimate of drug-likeness (QED) is 0.204. The van der Waals surface area contributed by atoms with Crippen molar-refractivity contribution in [2.45, 2.75) is 97.5 Å². The minimum atomic E-state index is -0.986. The number of benzene rings is 3. The molecule has 3 aromatic rings. The number of aliphatic hydroxyl groups excluding tert-OH is 1. The summed E-state index contributed by atoms with van der Waals surface area (Å²) in [5.74, 6) is -1.15. The number of hydrogen-bond donors (Lipinski definition) is 3. The zero-order valence-electron chi connectivity index (χ0n) is 28.7. The lowest BCUT2D eigenvalue weighted by atomic mass is 9.65. The smallest absolute Gasteiger partial charge is 0.303 e. The van der Waals surface area contributed by atoms with E-state index in [-0.39, 0.29) is 43.5 Å². The molecule has 256 valence electrons. The lowest BCUT2D eigenvalue weighted by molar-refractivity contribution is -0.276. The van der Waals surface area contributed by atoms with Crippen molar-refractivity contribution in [3.63, 3.8) is 0 Å². The molecule has 0 aromatic heterocycles. The number of fused-ring (bicyclic) bond motifs is 2. The predicted octanol–water partition coefficient (Wildman–Crippen LogP) is 7.02. The molecule has 6 rings (SSSR count). The number of carbonyl (C=O) groups is 2. The molecule has 1 aliphatic carbocycles. The van der Waals surface area contributed by atoms with Crippen LogP contribution in [0.3, 0.4) is 0 Å². The van der Waals surface area contributed by atoms with E-state index in [0.717, 1.165) is 46.5 Å². The van der Waals surface area contributed by atoms with Crippen molar-refractivity contribution < 1.29 is 29.3 Å².